The molecular formula is C25H18Cl3N3O4. The van der Waals surface area contributed by atoms with Crippen LogP contribution in [-0.2, 0) is 9.59 Å². The lowest BCUT2D eigenvalue weighted by atomic mass is 10.1. The van der Waals surface area contributed by atoms with E-state index < -0.39 is 11.8 Å². The van der Waals surface area contributed by atoms with Crippen LogP contribution < -0.4 is 20.1 Å². The molecule has 2 N–H and O–H groups in total. The third-order valence-electron chi connectivity index (χ3n) is 4.51. The number of carbonyl (C=O) groups excluding carboxylic acids is 2. The third-order valence-corrected chi connectivity index (χ3v) is 5.35. The van der Waals surface area contributed by atoms with Gasteiger partial charge in [0.1, 0.15) is 11.6 Å². The second-order valence-corrected chi connectivity index (χ2v) is 8.24. The van der Waals surface area contributed by atoms with Crippen LogP contribution in [0.25, 0.3) is 6.08 Å². The maximum atomic E-state index is 12.5. The molecule has 3 rings (SSSR count). The number of para-hydroxylation sites is 1. The lowest BCUT2D eigenvalue weighted by molar-refractivity contribution is -0.118. The number of nitriles is 1. The standard InChI is InChI=1S/C25H18Cl3N3O4/c1-34-22-11-15(9-16(13-29)25(33)30-18-6-4-5-17(26)12-18)10-20(28)24(22)35-14-23(32)31-21-8-3-2-7-19(21)27/h2-12H,14H2,1H3,(H,30,33)(H,31,32)/b16-9-. The fourth-order valence-electron chi connectivity index (χ4n) is 2.93. The molecule has 0 aliphatic carbocycles. The SMILES string of the molecule is COc1cc(/C=C(/C#N)C(=O)Nc2cccc(Cl)c2)cc(Cl)c1OCC(=O)Nc1ccccc1Cl. The van der Waals surface area contributed by atoms with Gasteiger partial charge >= 0.3 is 0 Å². The van der Waals surface area contributed by atoms with Gasteiger partial charge in [-0.05, 0) is 54.1 Å². The van der Waals surface area contributed by atoms with Crippen LogP contribution in [0.4, 0.5) is 11.4 Å². The monoisotopic (exact) mass is 529 g/mol. The minimum absolute atomic E-state index is 0.119. The fraction of sp³-hybridized carbons (Fsp3) is 0.0800. The smallest absolute Gasteiger partial charge is 0.266 e. The molecule has 10 heteroatoms. The summed E-state index contributed by atoms with van der Waals surface area (Å²) in [4.78, 5) is 24.8. The number of halogens is 3. The third kappa shape index (κ3) is 7.14. The van der Waals surface area contributed by atoms with Crippen LogP contribution >= 0.6 is 34.8 Å². The molecular weight excluding hydrogens is 513 g/mol. The molecule has 0 aliphatic rings. The zero-order chi connectivity index (χ0) is 25.4. The molecule has 0 saturated heterocycles. The highest BCUT2D eigenvalue weighted by Gasteiger charge is 2.16. The van der Waals surface area contributed by atoms with Crippen LogP contribution in [0.5, 0.6) is 11.5 Å². The molecule has 0 bridgehead atoms. The number of hydrogen-bond donors (Lipinski definition) is 2. The largest absolute Gasteiger partial charge is 0.493 e. The first-order valence-corrected chi connectivity index (χ1v) is 11.2. The van der Waals surface area contributed by atoms with Crippen molar-refractivity contribution in [1.82, 2.24) is 0 Å². The van der Waals surface area contributed by atoms with Gasteiger partial charge in [-0.15, -0.1) is 0 Å². The van der Waals surface area contributed by atoms with E-state index in [4.69, 9.17) is 44.3 Å². The molecule has 0 aliphatic heterocycles. The molecule has 3 aromatic rings. The van der Waals surface area contributed by atoms with Gasteiger partial charge in [0.2, 0.25) is 0 Å². The number of hydrogen-bond acceptors (Lipinski definition) is 5. The Balaban J connectivity index is 1.75. The van der Waals surface area contributed by atoms with Crippen LogP contribution in [-0.4, -0.2) is 25.5 Å². The highest BCUT2D eigenvalue weighted by molar-refractivity contribution is 6.34. The number of rotatable bonds is 8. The molecule has 0 saturated carbocycles. The van der Waals surface area contributed by atoms with Gasteiger partial charge in [-0.3, -0.25) is 9.59 Å². The minimum Gasteiger partial charge on any atom is -0.493 e. The molecule has 2 amide bonds. The van der Waals surface area contributed by atoms with Gasteiger partial charge in [0.25, 0.3) is 11.8 Å². The lowest BCUT2D eigenvalue weighted by Crippen LogP contribution is -2.20. The predicted molar refractivity (Wildman–Crippen MR) is 137 cm³/mol. The number of nitrogens with zero attached hydrogens (tertiary/aromatic N) is 1. The number of amides is 2. The van der Waals surface area contributed by atoms with Gasteiger partial charge < -0.3 is 20.1 Å². The fourth-order valence-corrected chi connectivity index (χ4v) is 3.58. The number of anilines is 2. The van der Waals surface area contributed by atoms with E-state index in [1.54, 1.807) is 48.5 Å². The summed E-state index contributed by atoms with van der Waals surface area (Å²) in [6.45, 7) is -0.359. The van der Waals surface area contributed by atoms with Gasteiger partial charge in [-0.1, -0.05) is 53.0 Å². The van der Waals surface area contributed by atoms with Crippen LogP contribution in [0.1, 0.15) is 5.56 Å². The van der Waals surface area contributed by atoms with Crippen molar-refractivity contribution in [2.24, 2.45) is 0 Å². The minimum atomic E-state index is -0.624. The molecule has 0 radical (unpaired) electrons. The van der Waals surface area contributed by atoms with Crippen LogP contribution in [0.3, 0.4) is 0 Å². The molecule has 0 fully saturated rings. The van der Waals surface area contributed by atoms with Crippen LogP contribution in [0.2, 0.25) is 15.1 Å². The number of nitrogens with one attached hydrogen (secondary N) is 2. The number of carbonyl (C=O) groups is 2. The molecule has 0 atom stereocenters. The molecule has 35 heavy (non-hydrogen) atoms. The molecule has 0 heterocycles. The van der Waals surface area contributed by atoms with Crippen molar-refractivity contribution >= 4 is 64.1 Å². The zero-order valence-corrected chi connectivity index (χ0v) is 20.5. The Morgan fingerprint density at radius 2 is 1.77 bits per heavy atom. The molecule has 7 nitrogen and oxygen atoms in total. The second kappa shape index (κ2) is 12.1. The van der Waals surface area contributed by atoms with Crippen molar-refractivity contribution in [3.63, 3.8) is 0 Å². The second-order valence-electron chi connectivity index (χ2n) is 6.99. The number of methoxy groups -OCH3 is 1. The first-order valence-electron chi connectivity index (χ1n) is 10.0. The Labute approximate surface area is 216 Å². The van der Waals surface area contributed by atoms with Crippen LogP contribution in [0.15, 0.2) is 66.2 Å². The first kappa shape index (κ1) is 25.9. The van der Waals surface area contributed by atoms with E-state index in [1.807, 2.05) is 6.07 Å². The summed E-state index contributed by atoms with van der Waals surface area (Å²) in [7, 11) is 1.40. The van der Waals surface area contributed by atoms with Gasteiger partial charge in [-0.25, -0.2) is 0 Å². The molecule has 0 aromatic heterocycles. The summed E-state index contributed by atoms with van der Waals surface area (Å²) in [5.41, 5.74) is 1.13. The van der Waals surface area contributed by atoms with Crippen LogP contribution in [0, 0.1) is 11.3 Å². The highest BCUT2D eigenvalue weighted by Crippen LogP contribution is 2.37. The Morgan fingerprint density at radius 1 is 1.00 bits per heavy atom. The molecule has 0 spiro atoms. The van der Waals surface area contributed by atoms with E-state index in [0.717, 1.165) is 0 Å². The van der Waals surface area contributed by atoms with E-state index in [-0.39, 0.29) is 28.7 Å². The topological polar surface area (TPSA) is 100 Å². The maximum absolute atomic E-state index is 12.5. The van der Waals surface area contributed by atoms with E-state index in [0.29, 0.717) is 27.0 Å². The van der Waals surface area contributed by atoms with Gasteiger partial charge in [0, 0.05) is 10.7 Å². The van der Waals surface area contributed by atoms with Gasteiger partial charge in [0.05, 0.1) is 22.8 Å². The van der Waals surface area contributed by atoms with Crippen molar-refractivity contribution in [3.05, 3.63) is 86.9 Å². The summed E-state index contributed by atoms with van der Waals surface area (Å²) in [6, 6.07) is 18.2. The van der Waals surface area contributed by atoms with E-state index in [2.05, 4.69) is 10.6 Å². The molecule has 0 unspecified atom stereocenters. The summed E-state index contributed by atoms with van der Waals surface area (Å²) in [5.74, 6) is -0.740. The molecule has 178 valence electrons. The van der Waals surface area contributed by atoms with Gasteiger partial charge in [0.15, 0.2) is 18.1 Å². The van der Waals surface area contributed by atoms with Crippen molar-refractivity contribution in [3.8, 4) is 17.6 Å². The Kier molecular flexibility index (Phi) is 8.98. The summed E-state index contributed by atoms with van der Waals surface area (Å²) >= 11 is 18.3. The quantitative estimate of drug-likeness (QED) is 0.266. The molecule has 3 aromatic carbocycles. The summed E-state index contributed by atoms with van der Waals surface area (Å²) in [5, 5.41) is 15.7. The maximum Gasteiger partial charge on any atom is 0.266 e. The van der Waals surface area contributed by atoms with E-state index >= 15 is 0 Å². The number of ether oxygens (including phenoxy) is 2. The highest BCUT2D eigenvalue weighted by atomic mass is 35.5. The van der Waals surface area contributed by atoms with Gasteiger partial charge in [-0.2, -0.15) is 5.26 Å². The number of benzene rings is 3. The predicted octanol–water partition coefficient (Wildman–Crippen LogP) is 6.22. The average Bonchev–Trinajstić information content (AvgIpc) is 2.82. The van der Waals surface area contributed by atoms with E-state index in [9.17, 15) is 14.9 Å². The Morgan fingerprint density at radius 3 is 2.46 bits per heavy atom. The van der Waals surface area contributed by atoms with Crippen molar-refractivity contribution in [2.45, 2.75) is 0 Å². The summed E-state index contributed by atoms with van der Waals surface area (Å²) < 4.78 is 10.9. The Hall–Kier alpha value is -3.70. The lowest BCUT2D eigenvalue weighted by Gasteiger charge is -2.14. The average molecular weight is 531 g/mol. The van der Waals surface area contributed by atoms with E-state index in [1.165, 1.54) is 25.3 Å². The summed E-state index contributed by atoms with van der Waals surface area (Å²) in [6.07, 6.45) is 1.35. The first-order chi connectivity index (χ1) is 16.8. The van der Waals surface area contributed by atoms with Crippen molar-refractivity contribution < 1.29 is 19.1 Å². The Bertz CT molecular complexity index is 1340. The van der Waals surface area contributed by atoms with Crippen molar-refractivity contribution in [2.75, 3.05) is 24.4 Å². The normalized spacial score (nSPS) is 10.8. The zero-order valence-electron chi connectivity index (χ0n) is 18.3. The van der Waals surface area contributed by atoms with Crippen molar-refractivity contribution in [1.29, 1.82) is 5.26 Å².